The highest BCUT2D eigenvalue weighted by Gasteiger charge is 2.39. The fraction of sp³-hybridized carbons (Fsp3) is 0.923. The Morgan fingerprint density at radius 3 is 2.70 bits per heavy atom. The van der Waals surface area contributed by atoms with Crippen molar-refractivity contribution >= 4 is 13.6 Å². The summed E-state index contributed by atoms with van der Waals surface area (Å²) < 4.78 is 16.2. The SMILES string of the molecule is CCOC(=O)C1CC2CC(CP(=O)(O)O)CCC2CN1. The number of hydrogen-bond acceptors (Lipinski definition) is 4. The number of esters is 1. The Morgan fingerprint density at radius 2 is 2.05 bits per heavy atom. The highest BCUT2D eigenvalue weighted by Crippen LogP contribution is 2.45. The molecule has 1 aliphatic carbocycles. The maximum Gasteiger partial charge on any atom is 0.325 e. The molecule has 4 atom stereocenters. The van der Waals surface area contributed by atoms with Gasteiger partial charge in [-0.3, -0.25) is 9.36 Å². The smallest absolute Gasteiger partial charge is 0.325 e. The molecule has 0 aromatic rings. The summed E-state index contributed by atoms with van der Waals surface area (Å²) >= 11 is 0. The van der Waals surface area contributed by atoms with E-state index in [1.54, 1.807) is 6.92 Å². The minimum Gasteiger partial charge on any atom is -0.465 e. The summed E-state index contributed by atoms with van der Waals surface area (Å²) in [5, 5.41) is 3.24. The molecule has 1 saturated heterocycles. The van der Waals surface area contributed by atoms with Crippen LogP contribution in [0, 0.1) is 17.8 Å². The number of rotatable bonds is 4. The third-order valence-corrected chi connectivity index (χ3v) is 5.47. The van der Waals surface area contributed by atoms with E-state index in [9.17, 15) is 9.36 Å². The van der Waals surface area contributed by atoms with Gasteiger partial charge in [-0.1, -0.05) is 0 Å². The summed E-state index contributed by atoms with van der Waals surface area (Å²) in [5.41, 5.74) is 0. The first-order chi connectivity index (χ1) is 9.39. The van der Waals surface area contributed by atoms with Gasteiger partial charge in [0.25, 0.3) is 0 Å². The molecule has 2 aliphatic rings. The lowest BCUT2D eigenvalue weighted by Crippen LogP contribution is -2.50. The minimum atomic E-state index is -3.93. The van der Waals surface area contributed by atoms with Gasteiger partial charge in [0.2, 0.25) is 0 Å². The first kappa shape index (κ1) is 16.0. The van der Waals surface area contributed by atoms with Crippen LogP contribution < -0.4 is 5.32 Å². The molecule has 116 valence electrons. The second-order valence-corrected chi connectivity index (χ2v) is 7.69. The Balaban J connectivity index is 1.91. The summed E-state index contributed by atoms with van der Waals surface area (Å²) in [6, 6.07) is -0.259. The molecule has 7 heteroatoms. The minimum absolute atomic E-state index is 0.0201. The number of carbonyl (C=O) groups excluding carboxylic acids is 1. The summed E-state index contributed by atoms with van der Waals surface area (Å²) in [4.78, 5) is 30.0. The van der Waals surface area contributed by atoms with Gasteiger partial charge in [-0.25, -0.2) is 0 Å². The fourth-order valence-electron chi connectivity index (χ4n) is 3.59. The highest BCUT2D eigenvalue weighted by atomic mass is 31.2. The largest absolute Gasteiger partial charge is 0.465 e. The molecule has 4 unspecified atom stereocenters. The van der Waals surface area contributed by atoms with Gasteiger partial charge < -0.3 is 19.8 Å². The van der Waals surface area contributed by atoms with Crippen LogP contribution >= 0.6 is 7.60 Å². The second-order valence-electron chi connectivity index (χ2n) is 6.00. The molecule has 1 heterocycles. The molecule has 0 radical (unpaired) electrons. The Kier molecular flexibility index (Phi) is 5.24. The molecule has 6 nitrogen and oxygen atoms in total. The van der Waals surface area contributed by atoms with Crippen molar-refractivity contribution in [2.45, 2.75) is 38.6 Å². The zero-order chi connectivity index (χ0) is 14.8. The average molecular weight is 305 g/mol. The lowest BCUT2D eigenvalue weighted by molar-refractivity contribution is -0.147. The van der Waals surface area contributed by atoms with E-state index in [2.05, 4.69) is 5.32 Å². The van der Waals surface area contributed by atoms with Crippen molar-refractivity contribution in [3.8, 4) is 0 Å². The number of hydrogen-bond donors (Lipinski definition) is 3. The van der Waals surface area contributed by atoms with E-state index in [1.807, 2.05) is 0 Å². The molecule has 0 bridgehead atoms. The predicted molar refractivity (Wildman–Crippen MR) is 74.3 cm³/mol. The number of nitrogens with one attached hydrogen (secondary N) is 1. The van der Waals surface area contributed by atoms with Crippen molar-refractivity contribution in [1.29, 1.82) is 0 Å². The summed E-state index contributed by atoms with van der Waals surface area (Å²) in [5.74, 6) is 0.769. The molecule has 0 aromatic heterocycles. The summed E-state index contributed by atoms with van der Waals surface area (Å²) in [7, 11) is -3.93. The average Bonchev–Trinajstić information content (AvgIpc) is 2.36. The molecule has 1 aliphatic heterocycles. The van der Waals surface area contributed by atoms with Crippen LogP contribution in [-0.2, 0) is 14.1 Å². The summed E-state index contributed by atoms with van der Waals surface area (Å²) in [6.07, 6.45) is 3.37. The van der Waals surface area contributed by atoms with E-state index >= 15 is 0 Å². The highest BCUT2D eigenvalue weighted by molar-refractivity contribution is 7.51. The normalized spacial score (nSPS) is 34.4. The quantitative estimate of drug-likeness (QED) is 0.532. The van der Waals surface area contributed by atoms with E-state index in [-0.39, 0.29) is 24.1 Å². The third-order valence-electron chi connectivity index (χ3n) is 4.48. The lowest BCUT2D eigenvalue weighted by atomic mass is 9.70. The molecule has 2 rings (SSSR count). The molecule has 0 amide bonds. The zero-order valence-electron chi connectivity index (χ0n) is 11.8. The monoisotopic (exact) mass is 305 g/mol. The number of piperidine rings is 1. The van der Waals surface area contributed by atoms with E-state index in [0.29, 0.717) is 18.4 Å². The third kappa shape index (κ3) is 4.29. The van der Waals surface area contributed by atoms with E-state index in [4.69, 9.17) is 14.5 Å². The van der Waals surface area contributed by atoms with Crippen LogP contribution in [0.5, 0.6) is 0 Å². The van der Waals surface area contributed by atoms with Gasteiger partial charge in [0.1, 0.15) is 6.04 Å². The van der Waals surface area contributed by atoms with Crippen LogP contribution in [0.15, 0.2) is 0 Å². The van der Waals surface area contributed by atoms with Crippen LogP contribution in [0.2, 0.25) is 0 Å². The van der Waals surface area contributed by atoms with Crippen LogP contribution in [0.3, 0.4) is 0 Å². The van der Waals surface area contributed by atoms with Crippen LogP contribution in [0.25, 0.3) is 0 Å². The number of carbonyl (C=O) groups is 1. The van der Waals surface area contributed by atoms with E-state index in [0.717, 1.165) is 32.2 Å². The Morgan fingerprint density at radius 1 is 1.30 bits per heavy atom. The second kappa shape index (κ2) is 6.56. The Hall–Kier alpha value is -0.420. The maximum absolute atomic E-state index is 11.8. The van der Waals surface area contributed by atoms with Gasteiger partial charge in [-0.15, -0.1) is 0 Å². The fourth-order valence-corrected chi connectivity index (χ4v) is 4.59. The molecule has 0 spiro atoms. The van der Waals surface area contributed by atoms with Crippen LogP contribution in [0.4, 0.5) is 0 Å². The van der Waals surface area contributed by atoms with Crippen molar-refractivity contribution in [2.75, 3.05) is 19.3 Å². The molecule has 20 heavy (non-hydrogen) atoms. The molecule has 2 fully saturated rings. The van der Waals surface area contributed by atoms with Crippen molar-refractivity contribution in [2.24, 2.45) is 17.8 Å². The van der Waals surface area contributed by atoms with E-state index in [1.165, 1.54) is 0 Å². The van der Waals surface area contributed by atoms with Gasteiger partial charge in [0.05, 0.1) is 12.8 Å². The number of fused-ring (bicyclic) bond motifs is 1. The van der Waals surface area contributed by atoms with Gasteiger partial charge in [-0.2, -0.15) is 0 Å². The summed E-state index contributed by atoms with van der Waals surface area (Å²) in [6.45, 7) is 2.98. The topological polar surface area (TPSA) is 95.9 Å². The lowest BCUT2D eigenvalue weighted by Gasteiger charge is -2.42. The van der Waals surface area contributed by atoms with Crippen molar-refractivity contribution in [1.82, 2.24) is 5.32 Å². The first-order valence-electron chi connectivity index (χ1n) is 7.33. The molecule has 0 aromatic carbocycles. The van der Waals surface area contributed by atoms with Gasteiger partial charge in [-0.05, 0) is 56.9 Å². The van der Waals surface area contributed by atoms with E-state index < -0.39 is 7.60 Å². The van der Waals surface area contributed by atoms with Gasteiger partial charge >= 0.3 is 13.6 Å². The van der Waals surface area contributed by atoms with Gasteiger partial charge in [0.15, 0.2) is 0 Å². The van der Waals surface area contributed by atoms with Crippen LogP contribution in [0.1, 0.15) is 32.6 Å². The zero-order valence-corrected chi connectivity index (χ0v) is 12.7. The van der Waals surface area contributed by atoms with Crippen molar-refractivity contribution < 1.29 is 23.9 Å². The Bertz CT molecular complexity index is 396. The molecular formula is C13H24NO5P. The predicted octanol–water partition coefficient (Wildman–Crippen LogP) is 1.12. The molecular weight excluding hydrogens is 281 g/mol. The molecule has 1 saturated carbocycles. The van der Waals surface area contributed by atoms with Gasteiger partial charge in [0, 0.05) is 0 Å². The number of ether oxygens (including phenoxy) is 1. The molecule has 3 N–H and O–H groups in total. The Labute approximate surface area is 119 Å². The standard InChI is InChI=1S/C13H24NO5P/c1-2-19-13(15)12-6-11-5-9(8-20(16,17)18)3-4-10(11)7-14-12/h9-12,14H,2-8H2,1H3,(H2,16,17,18). The van der Waals surface area contributed by atoms with Crippen molar-refractivity contribution in [3.05, 3.63) is 0 Å². The van der Waals surface area contributed by atoms with Crippen LogP contribution in [-0.4, -0.2) is 41.1 Å². The van der Waals surface area contributed by atoms with Crippen molar-refractivity contribution in [3.63, 3.8) is 0 Å². The maximum atomic E-state index is 11.8. The first-order valence-corrected chi connectivity index (χ1v) is 9.13.